The maximum atomic E-state index is 12.9. The third-order valence-corrected chi connectivity index (χ3v) is 5.05. The molecule has 1 aliphatic rings. The molecule has 8 nitrogen and oxygen atoms in total. The van der Waals surface area contributed by atoms with Crippen LogP contribution in [0, 0.1) is 0 Å². The van der Waals surface area contributed by atoms with Gasteiger partial charge in [0.05, 0.1) is 23.2 Å². The molecular weight excluding hydrogens is 370 g/mol. The fourth-order valence-electron chi connectivity index (χ4n) is 2.75. The summed E-state index contributed by atoms with van der Waals surface area (Å²) in [6, 6.07) is 7.12. The highest BCUT2D eigenvalue weighted by Gasteiger charge is 2.28. The number of hydrogen-bond donors (Lipinski definition) is 0. The van der Waals surface area contributed by atoms with Crippen molar-refractivity contribution in [2.45, 2.75) is 25.0 Å². The lowest BCUT2D eigenvalue weighted by Gasteiger charge is -2.14. The summed E-state index contributed by atoms with van der Waals surface area (Å²) in [6.07, 6.45) is 0.0365. The van der Waals surface area contributed by atoms with Gasteiger partial charge in [0.2, 0.25) is 5.91 Å². The largest absolute Gasteiger partial charge is 0.447 e. The molecule has 0 aliphatic carbocycles. The molecule has 0 spiro atoms. The Morgan fingerprint density at radius 1 is 1.33 bits per heavy atom. The van der Waals surface area contributed by atoms with Gasteiger partial charge in [-0.05, 0) is 25.5 Å². The number of aromatic nitrogens is 2. The van der Waals surface area contributed by atoms with Gasteiger partial charge in [0, 0.05) is 19.8 Å². The number of cyclic esters (lactones) is 1. The second-order valence-corrected chi connectivity index (χ2v) is 6.81. The lowest BCUT2D eigenvalue weighted by Crippen LogP contribution is -2.33. The summed E-state index contributed by atoms with van der Waals surface area (Å²) in [5.74, 6) is -0.350. The number of nitrogens with zero attached hydrogens (tertiary/aromatic N) is 3. The molecule has 3 rings (SSSR count). The third kappa shape index (κ3) is 4.48. The lowest BCUT2D eigenvalue weighted by atomic mass is 10.2. The maximum absolute atomic E-state index is 12.9. The SMILES string of the molecule is CCOCCCn1c(SCC(=O)N2CCOC2=O)nc2ccccc2c1=O. The average Bonchev–Trinajstić information content (AvgIpc) is 3.11. The Hall–Kier alpha value is -2.39. The molecule has 9 heteroatoms. The van der Waals surface area contributed by atoms with E-state index in [1.807, 2.05) is 13.0 Å². The normalized spacial score (nSPS) is 14.0. The van der Waals surface area contributed by atoms with Gasteiger partial charge in [-0.15, -0.1) is 0 Å². The smallest absolute Gasteiger partial charge is 0.416 e. The fourth-order valence-corrected chi connectivity index (χ4v) is 3.65. The van der Waals surface area contributed by atoms with E-state index in [2.05, 4.69) is 4.98 Å². The second-order valence-electron chi connectivity index (χ2n) is 5.87. The van der Waals surface area contributed by atoms with Gasteiger partial charge in [0.15, 0.2) is 5.16 Å². The van der Waals surface area contributed by atoms with Crippen molar-refractivity contribution in [1.82, 2.24) is 14.5 Å². The highest BCUT2D eigenvalue weighted by atomic mass is 32.2. The first-order valence-electron chi connectivity index (χ1n) is 8.79. The van der Waals surface area contributed by atoms with E-state index in [0.29, 0.717) is 42.2 Å². The Morgan fingerprint density at radius 2 is 2.15 bits per heavy atom. The van der Waals surface area contributed by atoms with Crippen molar-refractivity contribution in [1.29, 1.82) is 0 Å². The second kappa shape index (κ2) is 9.01. The molecule has 2 amide bonds. The van der Waals surface area contributed by atoms with Crippen LogP contribution in [0.5, 0.6) is 0 Å². The molecule has 1 aromatic heterocycles. The topological polar surface area (TPSA) is 90.7 Å². The number of benzene rings is 1. The molecule has 1 aromatic carbocycles. The molecule has 0 bridgehead atoms. The van der Waals surface area contributed by atoms with Gasteiger partial charge < -0.3 is 9.47 Å². The molecule has 2 aromatic rings. The summed E-state index contributed by atoms with van der Waals surface area (Å²) in [5.41, 5.74) is 0.437. The van der Waals surface area contributed by atoms with Crippen LogP contribution >= 0.6 is 11.8 Å². The predicted octanol–water partition coefficient (Wildman–Crippen LogP) is 1.89. The summed E-state index contributed by atoms with van der Waals surface area (Å²) in [7, 11) is 0. The number of ether oxygens (including phenoxy) is 2. The van der Waals surface area contributed by atoms with Crippen LogP contribution in [-0.2, 0) is 20.8 Å². The van der Waals surface area contributed by atoms with E-state index in [4.69, 9.17) is 9.47 Å². The third-order valence-electron chi connectivity index (χ3n) is 4.09. The summed E-state index contributed by atoms with van der Waals surface area (Å²) < 4.78 is 11.7. The summed E-state index contributed by atoms with van der Waals surface area (Å²) in [5, 5.41) is 0.990. The zero-order valence-corrected chi connectivity index (χ0v) is 15.9. The number of amides is 2. The summed E-state index contributed by atoms with van der Waals surface area (Å²) in [4.78, 5) is 42.3. The van der Waals surface area contributed by atoms with Crippen LogP contribution < -0.4 is 5.56 Å². The first kappa shape index (κ1) is 19.4. The first-order valence-corrected chi connectivity index (χ1v) is 9.77. The van der Waals surface area contributed by atoms with E-state index in [0.717, 1.165) is 16.7 Å². The van der Waals surface area contributed by atoms with Crippen LogP contribution in [0.4, 0.5) is 4.79 Å². The molecule has 0 radical (unpaired) electrons. The van der Waals surface area contributed by atoms with Crippen molar-refractivity contribution in [3.05, 3.63) is 34.6 Å². The van der Waals surface area contributed by atoms with Crippen molar-refractivity contribution in [3.8, 4) is 0 Å². The summed E-state index contributed by atoms with van der Waals surface area (Å²) >= 11 is 1.15. The van der Waals surface area contributed by atoms with Crippen LogP contribution in [0.25, 0.3) is 10.9 Å². The molecule has 0 atom stereocenters. The minimum Gasteiger partial charge on any atom is -0.447 e. The van der Waals surface area contributed by atoms with E-state index < -0.39 is 6.09 Å². The highest BCUT2D eigenvalue weighted by molar-refractivity contribution is 7.99. The van der Waals surface area contributed by atoms with Gasteiger partial charge in [-0.3, -0.25) is 14.2 Å². The van der Waals surface area contributed by atoms with E-state index >= 15 is 0 Å². The predicted molar refractivity (Wildman–Crippen MR) is 101 cm³/mol. The van der Waals surface area contributed by atoms with E-state index in [9.17, 15) is 14.4 Å². The number of carbonyl (C=O) groups is 2. The zero-order chi connectivity index (χ0) is 19.2. The van der Waals surface area contributed by atoms with Crippen molar-refractivity contribution < 1.29 is 19.1 Å². The number of thioether (sulfide) groups is 1. The summed E-state index contributed by atoms with van der Waals surface area (Å²) in [6.45, 7) is 3.99. The van der Waals surface area contributed by atoms with Gasteiger partial charge in [0.25, 0.3) is 5.56 Å². The van der Waals surface area contributed by atoms with Gasteiger partial charge >= 0.3 is 6.09 Å². The van der Waals surface area contributed by atoms with Gasteiger partial charge in [-0.2, -0.15) is 0 Å². The van der Waals surface area contributed by atoms with Gasteiger partial charge in [-0.1, -0.05) is 23.9 Å². The van der Waals surface area contributed by atoms with Crippen LogP contribution in [0.1, 0.15) is 13.3 Å². The minimum atomic E-state index is -0.624. The molecule has 0 N–H and O–H groups in total. The highest BCUT2D eigenvalue weighted by Crippen LogP contribution is 2.19. The lowest BCUT2D eigenvalue weighted by molar-refractivity contribution is -0.125. The number of para-hydroxylation sites is 1. The standard InChI is InChI=1S/C18H21N3O5S/c1-2-25-10-5-8-21-16(23)13-6-3-4-7-14(13)19-17(21)27-12-15(22)20-9-11-26-18(20)24/h3-4,6-7H,2,5,8-12H2,1H3. The Balaban J connectivity index is 1.82. The monoisotopic (exact) mass is 391 g/mol. The maximum Gasteiger partial charge on any atom is 0.416 e. The molecule has 1 aliphatic heterocycles. The number of hydrogen-bond acceptors (Lipinski definition) is 7. The Kier molecular flexibility index (Phi) is 6.46. The Morgan fingerprint density at radius 3 is 2.89 bits per heavy atom. The molecule has 0 unspecified atom stereocenters. The van der Waals surface area contributed by atoms with Crippen molar-refractivity contribution >= 4 is 34.7 Å². The fraction of sp³-hybridized carbons (Fsp3) is 0.444. The average molecular weight is 391 g/mol. The number of imide groups is 1. The quantitative estimate of drug-likeness (QED) is 0.386. The Labute approximate surface area is 160 Å². The minimum absolute atomic E-state index is 0.00530. The Bertz CT molecular complexity index is 898. The molecule has 1 fully saturated rings. The van der Waals surface area contributed by atoms with Crippen LogP contribution in [-0.4, -0.2) is 58.6 Å². The number of rotatable bonds is 8. The van der Waals surface area contributed by atoms with E-state index in [1.165, 1.54) is 0 Å². The molecular formula is C18H21N3O5S. The van der Waals surface area contributed by atoms with Gasteiger partial charge in [-0.25, -0.2) is 14.7 Å². The van der Waals surface area contributed by atoms with E-state index in [-0.39, 0.29) is 30.4 Å². The number of fused-ring (bicyclic) bond motifs is 1. The van der Waals surface area contributed by atoms with Crippen molar-refractivity contribution in [3.63, 3.8) is 0 Å². The van der Waals surface area contributed by atoms with Gasteiger partial charge in [0.1, 0.15) is 6.61 Å². The van der Waals surface area contributed by atoms with Crippen LogP contribution in [0.15, 0.2) is 34.2 Å². The molecule has 1 saturated heterocycles. The molecule has 27 heavy (non-hydrogen) atoms. The first-order chi connectivity index (χ1) is 13.1. The van der Waals surface area contributed by atoms with Crippen molar-refractivity contribution in [2.24, 2.45) is 0 Å². The number of carbonyl (C=O) groups excluding carboxylic acids is 2. The molecule has 144 valence electrons. The van der Waals surface area contributed by atoms with Crippen LogP contribution in [0.2, 0.25) is 0 Å². The van der Waals surface area contributed by atoms with Crippen molar-refractivity contribution in [2.75, 3.05) is 32.1 Å². The van der Waals surface area contributed by atoms with Crippen LogP contribution in [0.3, 0.4) is 0 Å². The molecule has 2 heterocycles. The zero-order valence-electron chi connectivity index (χ0n) is 15.1. The van der Waals surface area contributed by atoms with E-state index in [1.54, 1.807) is 22.8 Å². The molecule has 0 saturated carbocycles.